The number of carboxylic acid groups (broad SMARTS) is 2. The Morgan fingerprint density at radius 3 is 1.43 bits per heavy atom. The smallest absolute Gasteiger partial charge is 0.309 e. The number of carbonyl (C=O) groups is 6. The molecule has 0 unspecified atom stereocenters. The first-order valence-corrected chi connectivity index (χ1v) is 31.8. The number of rotatable bonds is 8. The number of halogens is 6. The molecule has 4 amide bonds. The van der Waals surface area contributed by atoms with Gasteiger partial charge >= 0.3 is 11.9 Å². The molecule has 4 spiro atoms. The maximum absolute atomic E-state index is 16.2. The Bertz CT molecular complexity index is 3450. The molecule has 20 heteroatoms. The number of amides is 4. The SMILES string of the molecule is C.CN1[C@@H](C(=O)NC23CCC(C(=O)O)(CC2)CC3)[C@H](c2cccc(Cl)c2F)[C@]2(C(=O)Nc3cc(Cl)ccc32)C12CCCCC2.O=C(NC12CCC(C(=O)O)(CC1)CC2)[C@@H]1NC2(CCCCC2)[C@@]2(C(=O)Nc3cc(Cl)ccc32)[C@H]1c1cccc(Cl)c1F. The van der Waals surface area contributed by atoms with E-state index in [0.717, 1.165) is 44.1 Å². The van der Waals surface area contributed by atoms with Gasteiger partial charge in [-0.1, -0.05) is 129 Å². The van der Waals surface area contributed by atoms with Crippen molar-refractivity contribution in [2.75, 3.05) is 17.7 Å². The van der Waals surface area contributed by atoms with Crippen LogP contribution in [0.2, 0.25) is 20.1 Å². The van der Waals surface area contributed by atoms with E-state index in [4.69, 9.17) is 46.4 Å². The van der Waals surface area contributed by atoms with Crippen molar-refractivity contribution in [1.29, 1.82) is 0 Å². The maximum Gasteiger partial charge on any atom is 0.309 e. The molecule has 458 valence electrons. The van der Waals surface area contributed by atoms with E-state index in [9.17, 15) is 39.0 Å². The van der Waals surface area contributed by atoms with E-state index in [2.05, 4.69) is 31.5 Å². The highest BCUT2D eigenvalue weighted by Gasteiger charge is 2.76. The summed E-state index contributed by atoms with van der Waals surface area (Å²) < 4.78 is 32.3. The summed E-state index contributed by atoms with van der Waals surface area (Å²) in [6, 6.07) is 18.5. The van der Waals surface area contributed by atoms with E-state index in [1.807, 2.05) is 19.2 Å². The lowest BCUT2D eigenvalue weighted by Crippen LogP contribution is -2.62. The highest BCUT2D eigenvalue weighted by atomic mass is 35.5. The van der Waals surface area contributed by atoms with Gasteiger partial charge in [0.25, 0.3) is 0 Å². The van der Waals surface area contributed by atoms with Gasteiger partial charge in [0, 0.05) is 55.4 Å². The quantitative estimate of drug-likeness (QED) is 0.0888. The highest BCUT2D eigenvalue weighted by molar-refractivity contribution is 6.32. The van der Waals surface area contributed by atoms with Gasteiger partial charge in [-0.05, 0) is 168 Å². The lowest BCUT2D eigenvalue weighted by atomic mass is 9.55. The molecule has 4 aromatic carbocycles. The van der Waals surface area contributed by atoms with Crippen LogP contribution in [0.3, 0.4) is 0 Å². The van der Waals surface area contributed by atoms with Crippen molar-refractivity contribution in [3.63, 3.8) is 0 Å². The van der Waals surface area contributed by atoms with Crippen LogP contribution in [0.15, 0.2) is 72.8 Å². The minimum absolute atomic E-state index is 0. The molecule has 0 aromatic heterocycles. The van der Waals surface area contributed by atoms with Gasteiger partial charge in [0.1, 0.15) is 22.5 Å². The average molecular weight is 1260 g/mol. The Morgan fingerprint density at radius 2 is 0.965 bits per heavy atom. The van der Waals surface area contributed by atoms with E-state index < -0.39 is 91.3 Å². The number of likely N-dealkylation sites (N-methyl/N-ethyl adjacent to an activating group) is 1. The molecule has 16 rings (SSSR count). The number of anilines is 2. The first-order valence-electron chi connectivity index (χ1n) is 30.3. The predicted molar refractivity (Wildman–Crippen MR) is 326 cm³/mol. The van der Waals surface area contributed by atoms with Crippen molar-refractivity contribution in [3.8, 4) is 0 Å². The second kappa shape index (κ2) is 21.7. The fraction of sp³-hybridized carbons (Fsp3) is 0.545. The van der Waals surface area contributed by atoms with Gasteiger partial charge in [-0.25, -0.2) is 8.78 Å². The molecule has 10 fully saturated rings. The number of likely N-dealkylation sites (tertiary alicyclic amines) is 1. The molecule has 0 radical (unpaired) electrons. The van der Waals surface area contributed by atoms with Crippen molar-refractivity contribution in [2.24, 2.45) is 10.8 Å². The number of hydrogen-bond acceptors (Lipinski definition) is 8. The van der Waals surface area contributed by atoms with Gasteiger partial charge in [0.15, 0.2) is 0 Å². The van der Waals surface area contributed by atoms with Gasteiger partial charge in [-0.3, -0.25) is 39.0 Å². The number of fused-ring (bicyclic) bond motifs is 12. The molecule has 4 aromatic rings. The van der Waals surface area contributed by atoms with E-state index >= 15 is 8.78 Å². The van der Waals surface area contributed by atoms with Crippen LogP contribution in [0.4, 0.5) is 20.2 Å². The third-order valence-electron chi connectivity index (χ3n) is 23.4. The summed E-state index contributed by atoms with van der Waals surface area (Å²) in [4.78, 5) is 84.5. The molecule has 86 heavy (non-hydrogen) atoms. The number of aliphatic carboxylic acids is 2. The second-order valence-corrected chi connectivity index (χ2v) is 28.5. The van der Waals surface area contributed by atoms with Crippen LogP contribution in [-0.4, -0.2) is 92.0 Å². The molecule has 2 saturated heterocycles. The molecule has 4 bridgehead atoms. The summed E-state index contributed by atoms with van der Waals surface area (Å²) in [5.74, 6) is -5.61. The third kappa shape index (κ3) is 8.68. The summed E-state index contributed by atoms with van der Waals surface area (Å²) in [5, 5.41) is 37.1. The summed E-state index contributed by atoms with van der Waals surface area (Å²) in [6.45, 7) is 0. The van der Waals surface area contributed by atoms with Crippen LogP contribution in [0.25, 0.3) is 0 Å². The second-order valence-electron chi connectivity index (χ2n) is 26.8. The standard InChI is InChI=1S/C33H36Cl2FN3O4.C32H34Cl2FN3O4.CH4/c1-39-26(27(40)38-31-15-12-30(13-16-31,14-17-31)29(42)43)24(20-6-5-7-22(35)25(20)36)33(32(39)10-3-2-4-11-32)21-9-8-19(34)18-23(21)37-28(33)41;33-18-7-8-20-22(17-18)36-27(40)32(20)23(19-5-4-6-21(34)24(19)35)25(37-31(32)9-2-1-3-10-31)26(39)38-30-14-11-29(12-15-30,13-16-30)28(41)42;/h5-9,18,24,26H,2-4,10-17H2,1H3,(H,37,41)(H,38,40)(H,42,43);4-8,17,23,25,37H,1-3,9-16H2,(H,36,40)(H,38,39)(H,41,42);1H4/t24-,26+,30?,31?,33+;23-,25+,29?,30?,32+;/m00./s1. The topological polar surface area (TPSA) is 206 Å². The Kier molecular flexibility index (Phi) is 15.4. The first kappa shape index (κ1) is 60.9. The molecule has 7 N–H and O–H groups in total. The molecular formula is C66H74Cl4F2N6O8. The Morgan fingerprint density at radius 1 is 0.547 bits per heavy atom. The van der Waals surface area contributed by atoms with E-state index in [1.165, 1.54) is 12.1 Å². The number of benzene rings is 4. The minimum atomic E-state index is -1.28. The molecule has 8 saturated carbocycles. The number of nitrogens with one attached hydrogen (secondary N) is 5. The molecule has 4 heterocycles. The van der Waals surface area contributed by atoms with E-state index in [0.29, 0.717) is 130 Å². The monoisotopic (exact) mass is 1260 g/mol. The predicted octanol–water partition coefficient (Wildman–Crippen LogP) is 13.1. The first-order chi connectivity index (χ1) is 40.6. The minimum Gasteiger partial charge on any atom is -0.481 e. The zero-order chi connectivity index (χ0) is 59.9. The van der Waals surface area contributed by atoms with Crippen LogP contribution in [0.1, 0.15) is 183 Å². The number of carbonyl (C=O) groups excluding carboxylic acids is 4. The maximum atomic E-state index is 16.2. The summed E-state index contributed by atoms with van der Waals surface area (Å²) >= 11 is 25.4. The van der Waals surface area contributed by atoms with Crippen LogP contribution in [0.5, 0.6) is 0 Å². The van der Waals surface area contributed by atoms with Gasteiger partial charge in [-0.15, -0.1) is 0 Å². The van der Waals surface area contributed by atoms with Gasteiger partial charge < -0.3 is 31.5 Å². The van der Waals surface area contributed by atoms with Gasteiger partial charge in [-0.2, -0.15) is 0 Å². The number of nitrogens with zero attached hydrogens (tertiary/aromatic N) is 1. The fourth-order valence-electron chi connectivity index (χ4n) is 19.0. The van der Waals surface area contributed by atoms with E-state index in [1.54, 1.807) is 48.5 Å². The van der Waals surface area contributed by atoms with Gasteiger partial charge in [0.2, 0.25) is 23.6 Å². The van der Waals surface area contributed by atoms with Crippen LogP contribution in [-0.2, 0) is 39.6 Å². The molecular weight excluding hydrogens is 1180 g/mol. The summed E-state index contributed by atoms with van der Waals surface area (Å²) in [5.41, 5.74) is -3.50. The number of hydrogen-bond donors (Lipinski definition) is 7. The fourth-order valence-corrected chi connectivity index (χ4v) is 19.7. The third-order valence-corrected chi connectivity index (χ3v) is 24.4. The molecule has 4 aliphatic heterocycles. The Balaban J connectivity index is 0.000000166. The summed E-state index contributed by atoms with van der Waals surface area (Å²) in [6.07, 6.45) is 14.7. The van der Waals surface area contributed by atoms with Crippen molar-refractivity contribution in [1.82, 2.24) is 20.9 Å². The Hall–Kier alpha value is -5.36. The highest BCUT2D eigenvalue weighted by Crippen LogP contribution is 2.67. The average Bonchev–Trinajstić information content (AvgIpc) is 1.51. The van der Waals surface area contributed by atoms with Gasteiger partial charge in [0.05, 0.1) is 33.0 Å². The zero-order valence-corrected chi connectivity index (χ0v) is 50.4. The van der Waals surface area contributed by atoms with Crippen molar-refractivity contribution >= 4 is 93.3 Å². The van der Waals surface area contributed by atoms with Crippen LogP contribution >= 0.6 is 46.4 Å². The lowest BCUT2D eigenvalue weighted by Gasteiger charge is -2.52. The summed E-state index contributed by atoms with van der Waals surface area (Å²) in [7, 11) is 1.91. The molecule has 8 aliphatic carbocycles. The number of carboxylic acids is 2. The zero-order valence-electron chi connectivity index (χ0n) is 47.4. The van der Waals surface area contributed by atoms with Crippen molar-refractivity contribution in [2.45, 2.75) is 206 Å². The normalized spacial score (nSPS) is 34.0. The molecule has 14 nitrogen and oxygen atoms in total. The van der Waals surface area contributed by atoms with E-state index in [-0.39, 0.29) is 52.2 Å². The largest absolute Gasteiger partial charge is 0.481 e. The molecule has 6 atom stereocenters. The van der Waals surface area contributed by atoms with Crippen molar-refractivity contribution in [3.05, 3.63) is 127 Å². The molecule has 12 aliphatic rings. The van der Waals surface area contributed by atoms with Crippen LogP contribution in [0, 0.1) is 22.5 Å². The van der Waals surface area contributed by atoms with Crippen molar-refractivity contribution < 1.29 is 47.8 Å². The van der Waals surface area contributed by atoms with Crippen LogP contribution < -0.4 is 26.6 Å². The lowest BCUT2D eigenvalue weighted by molar-refractivity contribution is -0.158. The Labute approximate surface area is 519 Å².